The first kappa shape index (κ1) is 20.5. The highest BCUT2D eigenvalue weighted by atomic mass is 32.2. The molecule has 1 saturated heterocycles. The number of sulfone groups is 1. The number of carbonyl (C=O) groups is 1. The number of ether oxygens (including phenoxy) is 3. The molecule has 3 rings (SSSR count). The zero-order chi connectivity index (χ0) is 20.3. The lowest BCUT2D eigenvalue weighted by molar-refractivity contribution is 0.0685. The Morgan fingerprint density at radius 2 is 1.86 bits per heavy atom. The van der Waals surface area contributed by atoms with Crippen LogP contribution in [0.4, 0.5) is 0 Å². The lowest BCUT2D eigenvalue weighted by Gasteiger charge is -2.28. The lowest BCUT2D eigenvalue weighted by Crippen LogP contribution is -2.40. The molecule has 0 radical (unpaired) electrons. The van der Waals surface area contributed by atoms with E-state index in [4.69, 9.17) is 14.2 Å². The van der Waals surface area contributed by atoms with E-state index in [-0.39, 0.29) is 30.0 Å². The summed E-state index contributed by atoms with van der Waals surface area (Å²) in [5.41, 5.74) is 0.767. The molecule has 0 unspecified atom stereocenters. The molecule has 1 amide bonds. The van der Waals surface area contributed by atoms with Crippen LogP contribution in [0.15, 0.2) is 29.6 Å². The molecule has 0 spiro atoms. The maximum absolute atomic E-state index is 13.1. The number of methoxy groups -OCH3 is 3. The third-order valence-corrected chi connectivity index (χ3v) is 7.33. The number of nitrogens with zero attached hydrogens (tertiary/aromatic N) is 1. The highest BCUT2D eigenvalue weighted by Gasteiger charge is 2.35. The van der Waals surface area contributed by atoms with E-state index in [1.165, 1.54) is 32.7 Å². The Morgan fingerprint density at radius 3 is 2.32 bits per heavy atom. The largest absolute Gasteiger partial charge is 0.493 e. The smallest absolute Gasteiger partial charge is 0.264 e. The molecular weight excluding hydrogens is 402 g/mol. The molecule has 1 fully saturated rings. The maximum atomic E-state index is 13.1. The van der Waals surface area contributed by atoms with Crippen LogP contribution in [0.2, 0.25) is 0 Å². The zero-order valence-electron chi connectivity index (χ0n) is 16.0. The van der Waals surface area contributed by atoms with Gasteiger partial charge in [-0.05, 0) is 35.6 Å². The number of rotatable bonds is 7. The van der Waals surface area contributed by atoms with E-state index in [1.54, 1.807) is 29.2 Å². The summed E-state index contributed by atoms with van der Waals surface area (Å²) in [6.07, 6.45) is 0.434. The van der Waals surface area contributed by atoms with Crippen molar-refractivity contribution in [3.05, 3.63) is 40.1 Å². The predicted octanol–water partition coefficient (Wildman–Crippen LogP) is 2.60. The molecule has 2 heterocycles. The van der Waals surface area contributed by atoms with E-state index in [0.717, 1.165) is 5.56 Å². The van der Waals surface area contributed by atoms with Crippen molar-refractivity contribution in [1.82, 2.24) is 4.90 Å². The molecule has 1 aromatic carbocycles. The average molecular weight is 426 g/mol. The van der Waals surface area contributed by atoms with Crippen molar-refractivity contribution in [1.29, 1.82) is 0 Å². The van der Waals surface area contributed by atoms with Crippen LogP contribution in [0.3, 0.4) is 0 Å². The van der Waals surface area contributed by atoms with Crippen molar-refractivity contribution in [3.63, 3.8) is 0 Å². The van der Waals surface area contributed by atoms with E-state index in [9.17, 15) is 13.2 Å². The molecule has 7 nitrogen and oxygen atoms in total. The number of thiophene rings is 1. The number of hydrogen-bond acceptors (Lipinski definition) is 7. The molecule has 1 aliphatic rings. The summed E-state index contributed by atoms with van der Waals surface area (Å²) in [4.78, 5) is 15.3. The van der Waals surface area contributed by atoms with Gasteiger partial charge in [-0.3, -0.25) is 4.79 Å². The first-order valence-corrected chi connectivity index (χ1v) is 11.4. The quantitative estimate of drug-likeness (QED) is 0.678. The maximum Gasteiger partial charge on any atom is 0.264 e. The molecule has 1 aliphatic heterocycles. The van der Waals surface area contributed by atoms with Crippen molar-refractivity contribution in [3.8, 4) is 17.2 Å². The average Bonchev–Trinajstić information content (AvgIpc) is 3.34. The lowest BCUT2D eigenvalue weighted by atomic mass is 10.1. The SMILES string of the molecule is COc1cc(CN(C(=O)c2cccs2)[C@@H]2CCS(=O)(=O)C2)cc(OC)c1OC. The van der Waals surface area contributed by atoms with Gasteiger partial charge in [0, 0.05) is 12.6 Å². The topological polar surface area (TPSA) is 82.1 Å². The Bertz CT molecular complexity index is 914. The molecule has 0 bridgehead atoms. The van der Waals surface area contributed by atoms with E-state index in [2.05, 4.69) is 0 Å². The molecule has 28 heavy (non-hydrogen) atoms. The Labute approximate surface area is 168 Å². The van der Waals surface area contributed by atoms with Crippen molar-refractivity contribution < 1.29 is 27.4 Å². The van der Waals surface area contributed by atoms with Crippen LogP contribution in [0.5, 0.6) is 17.2 Å². The molecule has 0 aliphatic carbocycles. The van der Waals surface area contributed by atoms with E-state index in [0.29, 0.717) is 28.5 Å². The Morgan fingerprint density at radius 1 is 1.18 bits per heavy atom. The highest BCUT2D eigenvalue weighted by Crippen LogP contribution is 2.39. The Balaban J connectivity index is 1.96. The fourth-order valence-electron chi connectivity index (χ4n) is 3.35. The molecule has 2 aromatic rings. The van der Waals surface area contributed by atoms with Gasteiger partial charge in [0.05, 0.1) is 37.7 Å². The van der Waals surface area contributed by atoms with Gasteiger partial charge in [0.1, 0.15) is 0 Å². The monoisotopic (exact) mass is 425 g/mol. The number of benzene rings is 1. The van der Waals surface area contributed by atoms with Gasteiger partial charge in [-0.1, -0.05) is 6.07 Å². The number of amides is 1. The van der Waals surface area contributed by atoms with Gasteiger partial charge in [0.15, 0.2) is 21.3 Å². The van der Waals surface area contributed by atoms with Crippen LogP contribution in [-0.4, -0.2) is 58.1 Å². The fourth-order valence-corrected chi connectivity index (χ4v) is 5.76. The van der Waals surface area contributed by atoms with Gasteiger partial charge in [0.2, 0.25) is 5.75 Å². The predicted molar refractivity (Wildman–Crippen MR) is 107 cm³/mol. The number of hydrogen-bond donors (Lipinski definition) is 0. The summed E-state index contributed by atoms with van der Waals surface area (Å²) in [5, 5.41) is 1.83. The number of carbonyl (C=O) groups excluding carboxylic acids is 1. The highest BCUT2D eigenvalue weighted by molar-refractivity contribution is 7.91. The molecule has 0 saturated carbocycles. The Hall–Kier alpha value is -2.26. The van der Waals surface area contributed by atoms with Crippen LogP contribution in [0.1, 0.15) is 21.7 Å². The van der Waals surface area contributed by atoms with Gasteiger partial charge < -0.3 is 19.1 Å². The van der Waals surface area contributed by atoms with Crippen molar-refractivity contribution in [2.75, 3.05) is 32.8 Å². The summed E-state index contributed by atoms with van der Waals surface area (Å²) in [6, 6.07) is 6.75. The fraction of sp³-hybridized carbons (Fsp3) is 0.421. The second kappa shape index (κ2) is 8.40. The summed E-state index contributed by atoms with van der Waals surface area (Å²) < 4.78 is 40.1. The van der Waals surface area contributed by atoms with Crippen molar-refractivity contribution in [2.24, 2.45) is 0 Å². The first-order chi connectivity index (χ1) is 13.4. The minimum absolute atomic E-state index is 0.0193. The minimum atomic E-state index is -3.13. The normalized spacial score (nSPS) is 17.9. The van der Waals surface area contributed by atoms with Crippen LogP contribution in [-0.2, 0) is 16.4 Å². The van der Waals surface area contributed by atoms with Crippen LogP contribution in [0.25, 0.3) is 0 Å². The molecular formula is C19H23NO6S2. The standard InChI is InChI=1S/C19H23NO6S2/c1-24-15-9-13(10-16(25-2)18(15)26-3)11-20(14-6-8-28(22,23)12-14)19(21)17-5-4-7-27-17/h4-5,7,9-10,14H,6,8,11-12H2,1-3H3/t14-/m1/s1. The Kier molecular flexibility index (Phi) is 6.14. The minimum Gasteiger partial charge on any atom is -0.493 e. The first-order valence-electron chi connectivity index (χ1n) is 8.72. The summed E-state index contributed by atoms with van der Waals surface area (Å²) in [7, 11) is 1.45. The zero-order valence-corrected chi connectivity index (χ0v) is 17.6. The van der Waals surface area contributed by atoms with Gasteiger partial charge in [-0.15, -0.1) is 11.3 Å². The summed E-state index contributed by atoms with van der Waals surface area (Å²) in [5.74, 6) is 1.34. The van der Waals surface area contributed by atoms with Crippen molar-refractivity contribution in [2.45, 2.75) is 19.0 Å². The van der Waals surface area contributed by atoms with Crippen LogP contribution in [0, 0.1) is 0 Å². The van der Waals surface area contributed by atoms with E-state index >= 15 is 0 Å². The van der Waals surface area contributed by atoms with Crippen LogP contribution >= 0.6 is 11.3 Å². The summed E-state index contributed by atoms with van der Waals surface area (Å²) in [6.45, 7) is 0.244. The molecule has 1 aromatic heterocycles. The third-order valence-electron chi connectivity index (χ3n) is 4.72. The molecule has 152 valence electrons. The van der Waals surface area contributed by atoms with Gasteiger partial charge in [0.25, 0.3) is 5.91 Å². The second-order valence-corrected chi connectivity index (χ2v) is 9.68. The second-order valence-electron chi connectivity index (χ2n) is 6.50. The van der Waals surface area contributed by atoms with E-state index in [1.807, 2.05) is 5.38 Å². The van der Waals surface area contributed by atoms with Crippen LogP contribution < -0.4 is 14.2 Å². The third kappa shape index (κ3) is 4.25. The van der Waals surface area contributed by atoms with Gasteiger partial charge in [-0.25, -0.2) is 8.42 Å². The van der Waals surface area contributed by atoms with E-state index < -0.39 is 9.84 Å². The van der Waals surface area contributed by atoms with Gasteiger partial charge in [-0.2, -0.15) is 0 Å². The van der Waals surface area contributed by atoms with Crippen molar-refractivity contribution >= 4 is 27.1 Å². The summed E-state index contributed by atoms with van der Waals surface area (Å²) >= 11 is 1.34. The molecule has 0 N–H and O–H groups in total. The van der Waals surface area contributed by atoms with Gasteiger partial charge >= 0.3 is 0 Å². The molecule has 9 heteroatoms. The molecule has 1 atom stereocenters.